The van der Waals surface area contributed by atoms with Gasteiger partial charge in [-0.25, -0.2) is 0 Å². The molecule has 0 atom stereocenters. The number of nitrogens with zero attached hydrogens (tertiary/aromatic N) is 1. The van der Waals surface area contributed by atoms with Crippen LogP contribution in [0.5, 0.6) is 0 Å². The Morgan fingerprint density at radius 1 is 1.09 bits per heavy atom. The molecule has 0 aliphatic rings. The molecule has 0 aliphatic carbocycles. The van der Waals surface area contributed by atoms with Crippen molar-refractivity contribution in [2.45, 2.75) is 31.3 Å². The van der Waals surface area contributed by atoms with Crippen molar-refractivity contribution in [1.82, 2.24) is 4.90 Å². The molecule has 0 radical (unpaired) electrons. The molecule has 0 unspecified atom stereocenters. The fourth-order valence-electron chi connectivity index (χ4n) is 2.10. The molecular weight excluding hydrogens is 358 g/mol. The smallest absolute Gasteiger partial charge is 0.233 e. The molecule has 2 nitrogen and oxygen atoms in total. The number of hydrogen-bond donors (Lipinski definition) is 0. The Morgan fingerprint density at radius 2 is 1.73 bits per heavy atom. The van der Waals surface area contributed by atoms with E-state index in [-0.39, 0.29) is 11.9 Å². The monoisotopic (exact) mass is 377 g/mol. The highest BCUT2D eigenvalue weighted by Gasteiger charge is 2.17. The predicted octanol–water partition coefficient (Wildman–Crippen LogP) is 4.98. The van der Waals surface area contributed by atoms with Crippen molar-refractivity contribution in [3.63, 3.8) is 0 Å². The van der Waals surface area contributed by atoms with Crippen LogP contribution in [0.4, 0.5) is 0 Å². The van der Waals surface area contributed by atoms with Gasteiger partial charge in [-0.15, -0.1) is 11.8 Å². The van der Waals surface area contributed by atoms with Crippen molar-refractivity contribution in [1.29, 1.82) is 0 Å². The number of carbonyl (C=O) groups is 1. The first-order valence-corrected chi connectivity index (χ1v) is 9.06. The maximum atomic E-state index is 12.5. The standard InChI is InChI=1S/C18H20BrNOS/c1-14(2)20(12-15-6-4-3-5-7-15)18(21)13-22-17-10-8-16(19)9-11-17/h3-11,14H,12-13H2,1-2H3. The average Bonchev–Trinajstić information content (AvgIpc) is 2.52. The third-order valence-electron chi connectivity index (χ3n) is 3.32. The van der Waals surface area contributed by atoms with Crippen LogP contribution in [0.25, 0.3) is 0 Å². The number of benzene rings is 2. The van der Waals surface area contributed by atoms with E-state index >= 15 is 0 Å². The molecule has 0 aliphatic heterocycles. The highest BCUT2D eigenvalue weighted by atomic mass is 79.9. The number of hydrogen-bond acceptors (Lipinski definition) is 2. The van der Waals surface area contributed by atoms with E-state index in [4.69, 9.17) is 0 Å². The minimum absolute atomic E-state index is 0.173. The van der Waals surface area contributed by atoms with Crippen molar-refractivity contribution >= 4 is 33.6 Å². The molecular formula is C18H20BrNOS. The van der Waals surface area contributed by atoms with Crippen LogP contribution in [0.3, 0.4) is 0 Å². The van der Waals surface area contributed by atoms with Gasteiger partial charge in [-0.2, -0.15) is 0 Å². The van der Waals surface area contributed by atoms with Gasteiger partial charge in [0.1, 0.15) is 0 Å². The van der Waals surface area contributed by atoms with E-state index in [2.05, 4.69) is 41.9 Å². The molecule has 0 spiro atoms. The van der Waals surface area contributed by atoms with Crippen LogP contribution < -0.4 is 0 Å². The maximum absolute atomic E-state index is 12.5. The van der Waals surface area contributed by atoms with Crippen LogP contribution in [-0.4, -0.2) is 22.6 Å². The van der Waals surface area contributed by atoms with Gasteiger partial charge in [0.15, 0.2) is 0 Å². The Balaban J connectivity index is 1.96. The van der Waals surface area contributed by atoms with Gasteiger partial charge in [0.2, 0.25) is 5.91 Å². The fourth-order valence-corrected chi connectivity index (χ4v) is 3.15. The zero-order chi connectivity index (χ0) is 15.9. The van der Waals surface area contributed by atoms with E-state index in [1.54, 1.807) is 11.8 Å². The Kier molecular flexibility index (Phi) is 6.52. The minimum Gasteiger partial charge on any atom is -0.335 e. The van der Waals surface area contributed by atoms with E-state index in [1.807, 2.05) is 47.4 Å². The largest absolute Gasteiger partial charge is 0.335 e. The van der Waals surface area contributed by atoms with Crippen LogP contribution in [0.15, 0.2) is 64.0 Å². The molecule has 0 N–H and O–H groups in total. The highest BCUT2D eigenvalue weighted by molar-refractivity contribution is 9.10. The van der Waals surface area contributed by atoms with Crippen molar-refractivity contribution < 1.29 is 4.79 Å². The molecule has 116 valence electrons. The first-order chi connectivity index (χ1) is 10.6. The summed E-state index contributed by atoms with van der Waals surface area (Å²) in [7, 11) is 0. The van der Waals surface area contributed by atoms with E-state index < -0.39 is 0 Å². The summed E-state index contributed by atoms with van der Waals surface area (Å²) >= 11 is 5.00. The van der Waals surface area contributed by atoms with Crippen LogP contribution in [0, 0.1) is 0 Å². The number of rotatable bonds is 6. The van der Waals surface area contributed by atoms with Gasteiger partial charge in [0, 0.05) is 22.0 Å². The molecule has 1 amide bonds. The van der Waals surface area contributed by atoms with Crippen molar-refractivity contribution in [2.75, 3.05) is 5.75 Å². The molecule has 0 saturated heterocycles. The molecule has 22 heavy (non-hydrogen) atoms. The van der Waals surface area contributed by atoms with Gasteiger partial charge in [-0.05, 0) is 43.7 Å². The zero-order valence-corrected chi connectivity index (χ0v) is 15.2. The third-order valence-corrected chi connectivity index (χ3v) is 4.84. The summed E-state index contributed by atoms with van der Waals surface area (Å²) < 4.78 is 1.05. The van der Waals surface area contributed by atoms with Gasteiger partial charge < -0.3 is 4.90 Å². The highest BCUT2D eigenvalue weighted by Crippen LogP contribution is 2.21. The summed E-state index contributed by atoms with van der Waals surface area (Å²) in [6.07, 6.45) is 0. The second-order valence-electron chi connectivity index (χ2n) is 5.34. The molecule has 2 aromatic carbocycles. The second kappa shape index (κ2) is 8.39. The van der Waals surface area contributed by atoms with E-state index in [0.29, 0.717) is 12.3 Å². The topological polar surface area (TPSA) is 20.3 Å². The fraction of sp³-hybridized carbons (Fsp3) is 0.278. The number of halogens is 1. The molecule has 0 heterocycles. The second-order valence-corrected chi connectivity index (χ2v) is 7.31. The van der Waals surface area contributed by atoms with Crippen molar-refractivity contribution in [3.8, 4) is 0 Å². The van der Waals surface area contributed by atoms with E-state index in [9.17, 15) is 4.79 Å². The molecule has 0 aromatic heterocycles. The summed E-state index contributed by atoms with van der Waals surface area (Å²) in [6.45, 7) is 4.79. The first kappa shape index (κ1) is 17.1. The maximum Gasteiger partial charge on any atom is 0.233 e. The van der Waals surface area contributed by atoms with Gasteiger partial charge in [-0.3, -0.25) is 4.79 Å². The lowest BCUT2D eigenvalue weighted by molar-refractivity contribution is -0.130. The number of thioether (sulfide) groups is 1. The first-order valence-electron chi connectivity index (χ1n) is 7.28. The number of amides is 1. The van der Waals surface area contributed by atoms with Gasteiger partial charge >= 0.3 is 0 Å². The van der Waals surface area contributed by atoms with Gasteiger partial charge in [0.25, 0.3) is 0 Å². The molecule has 0 fully saturated rings. The lowest BCUT2D eigenvalue weighted by Gasteiger charge is -2.27. The van der Waals surface area contributed by atoms with Crippen LogP contribution in [0.1, 0.15) is 19.4 Å². The number of carbonyl (C=O) groups excluding carboxylic acids is 1. The van der Waals surface area contributed by atoms with Crippen molar-refractivity contribution in [2.24, 2.45) is 0 Å². The summed E-state index contributed by atoms with van der Waals surface area (Å²) in [4.78, 5) is 15.6. The third kappa shape index (κ3) is 5.18. The van der Waals surface area contributed by atoms with E-state index in [1.165, 1.54) is 0 Å². The molecule has 4 heteroatoms. The molecule has 2 rings (SSSR count). The Morgan fingerprint density at radius 3 is 2.32 bits per heavy atom. The molecule has 0 bridgehead atoms. The summed E-state index contributed by atoms with van der Waals surface area (Å²) in [6, 6.07) is 18.4. The predicted molar refractivity (Wildman–Crippen MR) is 97.0 cm³/mol. The normalized spacial score (nSPS) is 10.7. The molecule has 2 aromatic rings. The van der Waals surface area contributed by atoms with Gasteiger partial charge in [-0.1, -0.05) is 46.3 Å². The summed E-state index contributed by atoms with van der Waals surface area (Å²) in [5.41, 5.74) is 1.16. The Hall–Kier alpha value is -1.26. The van der Waals surface area contributed by atoms with E-state index in [0.717, 1.165) is 14.9 Å². The van der Waals surface area contributed by atoms with Crippen LogP contribution in [0.2, 0.25) is 0 Å². The SMILES string of the molecule is CC(C)N(Cc1ccccc1)C(=O)CSc1ccc(Br)cc1. The lowest BCUT2D eigenvalue weighted by atomic mass is 10.2. The minimum atomic E-state index is 0.173. The lowest BCUT2D eigenvalue weighted by Crippen LogP contribution is -2.37. The summed E-state index contributed by atoms with van der Waals surface area (Å²) in [5, 5.41) is 0. The quantitative estimate of drug-likeness (QED) is 0.661. The Labute approximate surface area is 145 Å². The summed E-state index contributed by atoms with van der Waals surface area (Å²) in [5.74, 6) is 0.638. The Bertz CT molecular complexity index is 598. The van der Waals surface area contributed by atoms with Gasteiger partial charge in [0.05, 0.1) is 5.75 Å². The average molecular weight is 378 g/mol. The molecule has 0 saturated carbocycles. The van der Waals surface area contributed by atoms with Crippen LogP contribution >= 0.6 is 27.7 Å². The zero-order valence-electron chi connectivity index (χ0n) is 12.8. The van der Waals surface area contributed by atoms with Crippen molar-refractivity contribution in [3.05, 3.63) is 64.6 Å². The van der Waals surface area contributed by atoms with Crippen LogP contribution in [-0.2, 0) is 11.3 Å².